The predicted molar refractivity (Wildman–Crippen MR) is 213 cm³/mol. The van der Waals surface area contributed by atoms with E-state index in [0.717, 1.165) is 47.3 Å². The van der Waals surface area contributed by atoms with Crippen molar-refractivity contribution in [3.63, 3.8) is 0 Å². The average molecular weight is 770 g/mol. The van der Waals surface area contributed by atoms with Crippen molar-refractivity contribution in [1.29, 1.82) is 0 Å². The maximum atomic E-state index is 13.5. The van der Waals surface area contributed by atoms with Gasteiger partial charge in [0.05, 0.1) is 30.8 Å². The lowest BCUT2D eigenvalue weighted by Crippen LogP contribution is -2.51. The molecule has 55 heavy (non-hydrogen) atoms. The second kappa shape index (κ2) is 17.6. The largest absolute Gasteiger partial charge is 0.453 e. The normalized spacial score (nSPS) is 17.3. The number of anilines is 1. The highest BCUT2D eigenvalue weighted by molar-refractivity contribution is 7.89. The highest BCUT2D eigenvalue weighted by atomic mass is 32.2. The number of likely N-dealkylation sites (tertiary alicyclic amines) is 1. The van der Waals surface area contributed by atoms with Crippen molar-refractivity contribution >= 4 is 33.6 Å². The number of nitrogens with one attached hydrogen (secondary N) is 3. The van der Waals surface area contributed by atoms with Crippen LogP contribution in [0.2, 0.25) is 0 Å². The van der Waals surface area contributed by atoms with Gasteiger partial charge in [-0.1, -0.05) is 69.3 Å². The van der Waals surface area contributed by atoms with Gasteiger partial charge in [-0.2, -0.15) is 4.31 Å². The zero-order valence-corrected chi connectivity index (χ0v) is 32.8. The molecule has 2 atom stereocenters. The van der Waals surface area contributed by atoms with Crippen LogP contribution in [0.5, 0.6) is 0 Å². The molecule has 0 unspecified atom stereocenters. The molecule has 3 heterocycles. The molecule has 3 N–H and O–H groups in total. The molecule has 292 valence electrons. The molecule has 4 aromatic rings. The lowest BCUT2D eigenvalue weighted by Gasteiger charge is -2.34. The molecule has 1 aromatic heterocycles. The lowest BCUT2D eigenvalue weighted by atomic mass is 10.0. The third-order valence-corrected chi connectivity index (χ3v) is 12.4. The first-order valence-corrected chi connectivity index (χ1v) is 20.6. The molecule has 0 spiro atoms. The number of piperazine rings is 1. The van der Waals surface area contributed by atoms with Crippen LogP contribution < -0.4 is 10.6 Å². The Bertz CT molecular complexity index is 2040. The minimum Gasteiger partial charge on any atom is -0.453 e. The van der Waals surface area contributed by atoms with E-state index in [1.54, 1.807) is 15.4 Å². The summed E-state index contributed by atoms with van der Waals surface area (Å²) in [5.74, 6) is 0.454. The fraction of sp³-hybridized carbons (Fsp3) is 0.415. The Kier molecular flexibility index (Phi) is 12.7. The molecule has 13 nitrogen and oxygen atoms in total. The smallest absolute Gasteiger partial charge is 0.407 e. The monoisotopic (exact) mass is 769 g/mol. The number of benzene rings is 3. The fourth-order valence-electron chi connectivity index (χ4n) is 7.21. The van der Waals surface area contributed by atoms with Crippen LogP contribution in [0.3, 0.4) is 0 Å². The van der Waals surface area contributed by atoms with Gasteiger partial charge in [-0.15, -0.1) is 0 Å². The summed E-state index contributed by atoms with van der Waals surface area (Å²) in [4.78, 5) is 50.6. The summed E-state index contributed by atoms with van der Waals surface area (Å²) in [7, 11) is -1.88. The van der Waals surface area contributed by atoms with Crippen molar-refractivity contribution in [2.24, 2.45) is 5.92 Å². The van der Waals surface area contributed by atoms with Crippen molar-refractivity contribution in [2.45, 2.75) is 58.7 Å². The molecule has 6 rings (SSSR count). The summed E-state index contributed by atoms with van der Waals surface area (Å²) in [5, 5.41) is 5.67. The maximum Gasteiger partial charge on any atom is 0.407 e. The minimum atomic E-state index is -3.16. The summed E-state index contributed by atoms with van der Waals surface area (Å²) in [5.41, 5.74) is 6.12. The van der Waals surface area contributed by atoms with Gasteiger partial charge in [0, 0.05) is 50.5 Å². The van der Waals surface area contributed by atoms with Crippen molar-refractivity contribution in [1.82, 2.24) is 29.4 Å². The number of rotatable bonds is 13. The molecule has 3 aromatic carbocycles. The van der Waals surface area contributed by atoms with E-state index in [0.29, 0.717) is 56.2 Å². The number of imidazole rings is 1. The van der Waals surface area contributed by atoms with Gasteiger partial charge >= 0.3 is 6.09 Å². The van der Waals surface area contributed by atoms with Crippen LogP contribution in [-0.4, -0.2) is 102 Å². The summed E-state index contributed by atoms with van der Waals surface area (Å²) in [6, 6.07) is 22.4. The van der Waals surface area contributed by atoms with E-state index in [2.05, 4.69) is 25.5 Å². The van der Waals surface area contributed by atoms with Crippen LogP contribution in [-0.2, 0) is 26.1 Å². The molecule has 3 amide bonds. The highest BCUT2D eigenvalue weighted by Gasteiger charge is 2.37. The van der Waals surface area contributed by atoms with Crippen molar-refractivity contribution < 1.29 is 27.5 Å². The van der Waals surface area contributed by atoms with Gasteiger partial charge < -0.3 is 25.3 Å². The first kappa shape index (κ1) is 39.6. The SMILES string of the molecule is CCCS(=O)(=O)N1CCN(Cc2ccc(NC(=O)c3ccc(-c4ccc(-c5cnc([C@@H]6CCCN6C(=O)[C@@H](NC(=O)OC)C(C)C)[nH]5)cc4)cc3)cc2)CC1. The lowest BCUT2D eigenvalue weighted by molar-refractivity contribution is -0.135. The number of carbonyl (C=O) groups excluding carboxylic acids is 3. The topological polar surface area (TPSA) is 157 Å². The fourth-order valence-corrected chi connectivity index (χ4v) is 8.70. The summed E-state index contributed by atoms with van der Waals surface area (Å²) < 4.78 is 31.1. The number of sulfonamides is 1. The van der Waals surface area contributed by atoms with Crippen LogP contribution >= 0.6 is 0 Å². The number of amides is 3. The summed E-state index contributed by atoms with van der Waals surface area (Å²) >= 11 is 0. The Morgan fingerprint density at radius 2 is 1.53 bits per heavy atom. The second-order valence-corrected chi connectivity index (χ2v) is 16.6. The maximum absolute atomic E-state index is 13.5. The van der Waals surface area contributed by atoms with E-state index >= 15 is 0 Å². The van der Waals surface area contributed by atoms with E-state index in [1.165, 1.54) is 7.11 Å². The molecular formula is C41H51N7O6S. The third kappa shape index (κ3) is 9.61. The highest BCUT2D eigenvalue weighted by Crippen LogP contribution is 2.33. The van der Waals surface area contributed by atoms with E-state index in [4.69, 9.17) is 4.74 Å². The van der Waals surface area contributed by atoms with Crippen LogP contribution in [0.4, 0.5) is 10.5 Å². The van der Waals surface area contributed by atoms with Crippen LogP contribution in [0.25, 0.3) is 22.4 Å². The Morgan fingerprint density at radius 1 is 0.891 bits per heavy atom. The van der Waals surface area contributed by atoms with E-state index < -0.39 is 22.2 Å². The number of nitrogens with zero attached hydrogens (tertiary/aromatic N) is 4. The number of alkyl carbamates (subject to hydrolysis) is 1. The van der Waals surface area contributed by atoms with Gasteiger partial charge in [0.2, 0.25) is 15.9 Å². The van der Waals surface area contributed by atoms with Crippen LogP contribution in [0.1, 0.15) is 67.8 Å². The number of aromatic nitrogens is 2. The first-order valence-electron chi connectivity index (χ1n) is 19.0. The Hall–Kier alpha value is -5.05. The van der Waals surface area contributed by atoms with E-state index in [1.807, 2.05) is 93.6 Å². The molecule has 0 aliphatic carbocycles. The number of hydrogen-bond donors (Lipinski definition) is 3. The molecule has 2 saturated heterocycles. The molecule has 0 radical (unpaired) electrons. The standard InChI is InChI=1S/C41H51N7O6S/c1-5-25-55(52,53)47-23-21-46(22-24-47)27-29-8-18-34(19-9-29)43-39(49)33-16-12-31(13-17-33)30-10-14-32(15-11-30)35-26-42-38(44-35)36-7-6-20-48(36)40(50)37(28(2)3)45-41(51)54-4/h8-19,26,28,36-37H,5-7,20-25,27H2,1-4H3,(H,42,44)(H,43,49)(H,45,51)/t36-,37-/m0/s1. The number of hydrogen-bond acceptors (Lipinski definition) is 8. The summed E-state index contributed by atoms with van der Waals surface area (Å²) in [6.45, 7) is 9.39. The van der Waals surface area contributed by atoms with E-state index in [9.17, 15) is 22.8 Å². The number of methoxy groups -OCH3 is 1. The predicted octanol–water partition coefficient (Wildman–Crippen LogP) is 5.90. The number of ether oxygens (including phenoxy) is 1. The molecule has 0 saturated carbocycles. The number of H-pyrrole nitrogens is 1. The zero-order valence-electron chi connectivity index (χ0n) is 32.0. The molecule has 2 aliphatic heterocycles. The van der Waals surface area contributed by atoms with Crippen molar-refractivity contribution in [3.8, 4) is 22.4 Å². The van der Waals surface area contributed by atoms with Gasteiger partial charge in [-0.25, -0.2) is 18.2 Å². The Morgan fingerprint density at radius 3 is 2.15 bits per heavy atom. The minimum absolute atomic E-state index is 0.108. The van der Waals surface area contributed by atoms with Gasteiger partial charge in [-0.3, -0.25) is 14.5 Å². The van der Waals surface area contributed by atoms with Crippen molar-refractivity contribution in [2.75, 3.05) is 50.9 Å². The Labute approximate surface area is 323 Å². The van der Waals surface area contributed by atoms with Gasteiger partial charge in [0.25, 0.3) is 5.91 Å². The summed E-state index contributed by atoms with van der Waals surface area (Å²) in [6.07, 6.45) is 3.39. The average Bonchev–Trinajstić information content (AvgIpc) is 3.88. The van der Waals surface area contributed by atoms with Gasteiger partial charge in [0.15, 0.2) is 0 Å². The molecule has 0 bridgehead atoms. The van der Waals surface area contributed by atoms with E-state index in [-0.39, 0.29) is 29.5 Å². The first-order chi connectivity index (χ1) is 26.4. The molecule has 2 aliphatic rings. The zero-order chi connectivity index (χ0) is 39.1. The van der Waals surface area contributed by atoms with Crippen molar-refractivity contribution in [3.05, 3.63) is 95.9 Å². The van der Waals surface area contributed by atoms with Gasteiger partial charge in [-0.05, 0) is 71.7 Å². The van der Waals surface area contributed by atoms with Crippen LogP contribution in [0.15, 0.2) is 79.0 Å². The molecule has 14 heteroatoms. The van der Waals surface area contributed by atoms with Gasteiger partial charge in [0.1, 0.15) is 11.9 Å². The quantitative estimate of drug-likeness (QED) is 0.152. The third-order valence-electron chi connectivity index (χ3n) is 10.3. The van der Waals surface area contributed by atoms with Crippen LogP contribution in [0, 0.1) is 5.92 Å². The molecule has 2 fully saturated rings. The number of carbonyl (C=O) groups is 3. The second-order valence-electron chi connectivity index (χ2n) is 14.5. The Balaban J connectivity index is 1.02. The molecular weight excluding hydrogens is 719 g/mol. The number of aromatic amines is 1.